The molecular weight excluding hydrogens is 321 g/mol. The van der Waals surface area contributed by atoms with Gasteiger partial charge >= 0.3 is 5.97 Å². The Morgan fingerprint density at radius 2 is 2.24 bits per heavy atom. The van der Waals surface area contributed by atoms with Gasteiger partial charge in [0.15, 0.2) is 21.7 Å². The third-order valence-electron chi connectivity index (χ3n) is 2.74. The van der Waals surface area contributed by atoms with Crippen LogP contribution >= 0.6 is 22.9 Å². The van der Waals surface area contributed by atoms with Crippen molar-refractivity contribution in [3.8, 4) is 5.13 Å². The first kappa shape index (κ1) is 13.7. The Balaban J connectivity index is 2.51. The molecule has 0 unspecified atom stereocenters. The molecule has 3 rings (SSSR count). The molecule has 0 bridgehead atoms. The molecular formula is C12H5ClFN3O3S. The van der Waals surface area contributed by atoms with E-state index in [0.29, 0.717) is 5.13 Å². The fourth-order valence-electron chi connectivity index (χ4n) is 1.84. The number of hydrogen-bond acceptors (Lipinski definition) is 5. The van der Waals surface area contributed by atoms with Crippen molar-refractivity contribution in [3.63, 3.8) is 0 Å². The van der Waals surface area contributed by atoms with E-state index in [9.17, 15) is 14.0 Å². The van der Waals surface area contributed by atoms with Crippen LogP contribution < -0.4 is 5.43 Å². The summed E-state index contributed by atoms with van der Waals surface area (Å²) in [5.41, 5.74) is -1.28. The number of fused-ring (bicyclic) bond motifs is 1. The van der Waals surface area contributed by atoms with Crippen LogP contribution in [0.25, 0.3) is 16.2 Å². The van der Waals surface area contributed by atoms with Crippen LogP contribution in [-0.2, 0) is 0 Å². The minimum Gasteiger partial charge on any atom is -0.477 e. The Morgan fingerprint density at radius 3 is 2.86 bits per heavy atom. The lowest BCUT2D eigenvalue weighted by atomic mass is 10.2. The molecule has 0 aliphatic rings. The van der Waals surface area contributed by atoms with Crippen molar-refractivity contribution in [1.29, 1.82) is 0 Å². The number of carboxylic acids is 1. The number of carboxylic acid groups (broad SMARTS) is 1. The molecule has 0 aromatic carbocycles. The second-order valence-corrected chi connectivity index (χ2v) is 5.22. The van der Waals surface area contributed by atoms with Crippen LogP contribution in [-0.4, -0.2) is 25.6 Å². The van der Waals surface area contributed by atoms with E-state index >= 15 is 0 Å². The van der Waals surface area contributed by atoms with E-state index in [0.717, 1.165) is 12.3 Å². The summed E-state index contributed by atoms with van der Waals surface area (Å²) in [6.45, 7) is 0. The molecule has 1 N–H and O–H groups in total. The quantitative estimate of drug-likeness (QED) is 0.731. The second kappa shape index (κ2) is 4.90. The summed E-state index contributed by atoms with van der Waals surface area (Å²) in [7, 11) is 0. The molecule has 21 heavy (non-hydrogen) atoms. The van der Waals surface area contributed by atoms with Gasteiger partial charge in [0.1, 0.15) is 5.56 Å². The van der Waals surface area contributed by atoms with E-state index in [1.165, 1.54) is 22.1 Å². The number of aromatic nitrogens is 3. The van der Waals surface area contributed by atoms with Crippen molar-refractivity contribution in [2.75, 3.05) is 0 Å². The fraction of sp³-hybridized carbons (Fsp3) is 0. The highest BCUT2D eigenvalue weighted by Gasteiger charge is 2.19. The minimum absolute atomic E-state index is 0.0475. The maximum Gasteiger partial charge on any atom is 0.341 e. The van der Waals surface area contributed by atoms with E-state index in [1.54, 1.807) is 5.38 Å². The van der Waals surface area contributed by atoms with E-state index in [-0.39, 0.29) is 11.0 Å². The molecule has 9 heteroatoms. The summed E-state index contributed by atoms with van der Waals surface area (Å²) in [5, 5.41) is 10.6. The Morgan fingerprint density at radius 1 is 1.48 bits per heavy atom. The zero-order valence-corrected chi connectivity index (χ0v) is 11.7. The van der Waals surface area contributed by atoms with Crippen LogP contribution in [0.2, 0.25) is 5.15 Å². The van der Waals surface area contributed by atoms with Gasteiger partial charge in [-0.1, -0.05) is 11.6 Å². The monoisotopic (exact) mass is 325 g/mol. The Hall–Kier alpha value is -2.32. The Labute approximate surface area is 125 Å². The highest BCUT2D eigenvalue weighted by molar-refractivity contribution is 7.12. The summed E-state index contributed by atoms with van der Waals surface area (Å²) in [4.78, 5) is 31.1. The zero-order chi connectivity index (χ0) is 15.1. The van der Waals surface area contributed by atoms with E-state index in [2.05, 4.69) is 9.97 Å². The first-order chi connectivity index (χ1) is 9.99. The standard InChI is InChI=1S/C12H5ClFN3O3S/c13-9-7(14)3-5-8(18)6(11(19)20)4-17(10(5)16-9)12-15-1-2-21-12/h1-4H,(H,19,20). The average Bonchev–Trinajstić information content (AvgIpc) is 2.95. The van der Waals surface area contributed by atoms with Crippen LogP contribution in [0.1, 0.15) is 10.4 Å². The molecule has 3 heterocycles. The van der Waals surface area contributed by atoms with Gasteiger partial charge in [0.2, 0.25) is 5.43 Å². The van der Waals surface area contributed by atoms with Crippen LogP contribution in [0, 0.1) is 5.82 Å². The lowest BCUT2D eigenvalue weighted by Gasteiger charge is -2.09. The number of hydrogen-bond donors (Lipinski definition) is 1. The van der Waals surface area contributed by atoms with Crippen molar-refractivity contribution >= 4 is 39.9 Å². The predicted octanol–water partition coefficient (Wildman–Crippen LogP) is 2.33. The first-order valence-corrected chi connectivity index (χ1v) is 6.79. The van der Waals surface area contributed by atoms with Crippen LogP contribution in [0.15, 0.2) is 28.6 Å². The lowest BCUT2D eigenvalue weighted by Crippen LogP contribution is -2.19. The van der Waals surface area contributed by atoms with Gasteiger partial charge in [0.05, 0.1) is 5.39 Å². The summed E-state index contributed by atoms with van der Waals surface area (Å²) >= 11 is 6.85. The Kier molecular flexibility index (Phi) is 3.19. The third-order valence-corrected chi connectivity index (χ3v) is 3.78. The summed E-state index contributed by atoms with van der Waals surface area (Å²) in [5.74, 6) is -2.31. The first-order valence-electron chi connectivity index (χ1n) is 5.53. The summed E-state index contributed by atoms with van der Waals surface area (Å²) in [6, 6.07) is 0.879. The number of halogens is 2. The van der Waals surface area contributed by atoms with E-state index in [1.807, 2.05) is 0 Å². The molecule has 0 saturated carbocycles. The van der Waals surface area contributed by atoms with Crippen LogP contribution in [0.3, 0.4) is 0 Å². The van der Waals surface area contributed by atoms with Gasteiger partial charge in [-0.2, -0.15) is 0 Å². The topological polar surface area (TPSA) is 85.1 Å². The third kappa shape index (κ3) is 2.18. The van der Waals surface area contributed by atoms with Gasteiger partial charge in [-0.15, -0.1) is 11.3 Å². The zero-order valence-electron chi connectivity index (χ0n) is 10.1. The van der Waals surface area contributed by atoms with E-state index < -0.39 is 27.9 Å². The molecule has 0 radical (unpaired) electrons. The molecule has 0 aliphatic carbocycles. The van der Waals surface area contributed by atoms with Crippen LogP contribution in [0.5, 0.6) is 0 Å². The number of nitrogens with zero attached hydrogens (tertiary/aromatic N) is 3. The van der Waals surface area contributed by atoms with Gasteiger partial charge in [-0.25, -0.2) is 19.2 Å². The van der Waals surface area contributed by atoms with Gasteiger partial charge in [-0.3, -0.25) is 9.36 Å². The lowest BCUT2D eigenvalue weighted by molar-refractivity contribution is 0.0695. The molecule has 0 amide bonds. The number of aromatic carboxylic acids is 1. The van der Waals surface area contributed by atoms with Gasteiger partial charge in [-0.05, 0) is 6.07 Å². The van der Waals surface area contributed by atoms with Crippen LogP contribution in [0.4, 0.5) is 4.39 Å². The molecule has 6 nitrogen and oxygen atoms in total. The number of carbonyl (C=O) groups is 1. The average molecular weight is 326 g/mol. The molecule has 0 atom stereocenters. The SMILES string of the molecule is O=C(O)c1cn(-c2nccs2)c2nc(Cl)c(F)cc2c1=O. The van der Waals surface area contributed by atoms with Crippen molar-refractivity contribution in [2.24, 2.45) is 0 Å². The molecule has 0 fully saturated rings. The predicted molar refractivity (Wildman–Crippen MR) is 74.9 cm³/mol. The highest BCUT2D eigenvalue weighted by atomic mass is 35.5. The van der Waals surface area contributed by atoms with Gasteiger partial charge < -0.3 is 5.11 Å². The normalized spacial score (nSPS) is 11.0. The minimum atomic E-state index is -1.41. The highest BCUT2D eigenvalue weighted by Crippen LogP contribution is 2.21. The van der Waals surface area contributed by atoms with Gasteiger partial charge in [0, 0.05) is 17.8 Å². The number of thiazole rings is 1. The molecule has 3 aromatic rings. The molecule has 3 aromatic heterocycles. The smallest absolute Gasteiger partial charge is 0.341 e. The molecule has 106 valence electrons. The number of pyridine rings is 2. The van der Waals surface area contributed by atoms with Crippen molar-refractivity contribution < 1.29 is 14.3 Å². The fourth-order valence-corrected chi connectivity index (χ4v) is 2.59. The molecule has 0 saturated heterocycles. The largest absolute Gasteiger partial charge is 0.477 e. The van der Waals surface area contributed by atoms with Gasteiger partial charge in [0.25, 0.3) is 0 Å². The number of rotatable bonds is 2. The second-order valence-electron chi connectivity index (χ2n) is 3.99. The summed E-state index contributed by atoms with van der Waals surface area (Å²) < 4.78 is 14.8. The summed E-state index contributed by atoms with van der Waals surface area (Å²) in [6.07, 6.45) is 2.61. The van der Waals surface area contributed by atoms with E-state index in [4.69, 9.17) is 16.7 Å². The maximum atomic E-state index is 13.5. The maximum absolute atomic E-state index is 13.5. The van der Waals surface area contributed by atoms with Crippen molar-refractivity contribution in [3.05, 3.63) is 50.6 Å². The molecule has 0 spiro atoms. The van der Waals surface area contributed by atoms with Crippen molar-refractivity contribution in [2.45, 2.75) is 0 Å². The Bertz CT molecular complexity index is 924. The van der Waals surface area contributed by atoms with Crippen molar-refractivity contribution in [1.82, 2.24) is 14.5 Å². The molecule has 0 aliphatic heterocycles.